The van der Waals surface area contributed by atoms with Crippen LogP contribution >= 0.6 is 0 Å². The first-order valence-electron chi connectivity index (χ1n) is 12.7. The number of hydrogen-bond acceptors (Lipinski definition) is 8. The number of carbonyl (C=O) groups excluding carboxylic acids is 1. The van der Waals surface area contributed by atoms with Gasteiger partial charge in [0.15, 0.2) is 6.10 Å². The Kier molecular flexibility index (Phi) is 7.37. The maximum atomic E-state index is 13.0. The lowest BCUT2D eigenvalue weighted by atomic mass is 10.1. The number of ether oxygens (including phenoxy) is 2. The normalized spacial score (nSPS) is 16.2. The molecule has 0 aliphatic carbocycles. The number of aliphatic hydroxyl groups excluding tert-OH is 1. The van der Waals surface area contributed by atoms with Crippen LogP contribution in [-0.2, 0) is 4.79 Å². The van der Waals surface area contributed by atoms with E-state index >= 15 is 0 Å². The monoisotopic (exact) mass is 513 g/mol. The molecular weight excluding hydrogens is 482 g/mol. The Bertz CT molecular complexity index is 1440. The number of anilines is 2. The minimum absolute atomic E-state index is 0.151. The van der Waals surface area contributed by atoms with E-state index in [1.807, 2.05) is 62.4 Å². The van der Waals surface area contributed by atoms with Crippen molar-refractivity contribution in [3.05, 3.63) is 72.3 Å². The Balaban J connectivity index is 1.37. The summed E-state index contributed by atoms with van der Waals surface area (Å²) in [5.74, 6) is 2.32. The number of nitrogens with zero attached hydrogens (tertiary/aromatic N) is 4. The molecule has 1 saturated heterocycles. The van der Waals surface area contributed by atoms with Crippen LogP contribution in [0.5, 0.6) is 17.2 Å². The summed E-state index contributed by atoms with van der Waals surface area (Å²) in [6, 6.07) is 15.1. The lowest BCUT2D eigenvalue weighted by Gasteiger charge is -2.32. The Hall–Kier alpha value is -4.24. The van der Waals surface area contributed by atoms with Crippen molar-refractivity contribution in [1.29, 1.82) is 0 Å². The molecule has 196 valence electrons. The topological polar surface area (TPSA) is 110 Å². The van der Waals surface area contributed by atoms with Crippen LogP contribution in [0, 0.1) is 13.8 Å². The third-order valence-electron chi connectivity index (χ3n) is 6.53. The van der Waals surface area contributed by atoms with Gasteiger partial charge in [0.05, 0.1) is 23.2 Å². The van der Waals surface area contributed by atoms with Gasteiger partial charge in [-0.25, -0.2) is 9.97 Å². The van der Waals surface area contributed by atoms with Crippen LogP contribution in [0.15, 0.2) is 61.1 Å². The molecule has 2 N–H and O–H groups in total. The van der Waals surface area contributed by atoms with E-state index in [-0.39, 0.29) is 5.91 Å². The van der Waals surface area contributed by atoms with Gasteiger partial charge in [0, 0.05) is 24.5 Å². The van der Waals surface area contributed by atoms with Gasteiger partial charge in [-0.15, -0.1) is 0 Å². The molecule has 2 aromatic heterocycles. The Morgan fingerprint density at radius 1 is 1.11 bits per heavy atom. The minimum atomic E-state index is -0.728. The highest BCUT2D eigenvalue weighted by Gasteiger charge is 2.27. The molecule has 1 aliphatic rings. The van der Waals surface area contributed by atoms with E-state index in [1.54, 1.807) is 18.0 Å². The van der Waals surface area contributed by atoms with E-state index in [1.165, 1.54) is 6.33 Å². The molecule has 0 spiro atoms. The van der Waals surface area contributed by atoms with Crippen molar-refractivity contribution < 1.29 is 19.4 Å². The number of benzene rings is 2. The fourth-order valence-corrected chi connectivity index (χ4v) is 4.54. The van der Waals surface area contributed by atoms with Crippen molar-refractivity contribution in [2.45, 2.75) is 45.8 Å². The van der Waals surface area contributed by atoms with E-state index in [0.29, 0.717) is 47.7 Å². The third-order valence-corrected chi connectivity index (χ3v) is 6.53. The molecule has 1 aliphatic heterocycles. The van der Waals surface area contributed by atoms with E-state index in [9.17, 15) is 9.90 Å². The van der Waals surface area contributed by atoms with Gasteiger partial charge in [0.1, 0.15) is 29.4 Å². The number of piperidine rings is 1. The van der Waals surface area contributed by atoms with Crippen LogP contribution in [0.1, 0.15) is 31.0 Å². The zero-order chi connectivity index (χ0) is 26.6. The molecule has 0 saturated carbocycles. The SMILES string of the molecule is Cc1ccc(Oc2ccc(Nc3ncnc4cccc(O[C@H](C)C(=O)N5CCC[C@H](O)C5)c34)cc2C)cn1. The molecule has 3 heterocycles. The van der Waals surface area contributed by atoms with E-state index < -0.39 is 12.2 Å². The average molecular weight is 514 g/mol. The van der Waals surface area contributed by atoms with Crippen molar-refractivity contribution in [2.75, 3.05) is 18.4 Å². The second kappa shape index (κ2) is 11.0. The first-order chi connectivity index (χ1) is 18.4. The summed E-state index contributed by atoms with van der Waals surface area (Å²) < 4.78 is 12.1. The molecule has 1 amide bonds. The fourth-order valence-electron chi connectivity index (χ4n) is 4.54. The van der Waals surface area contributed by atoms with Gasteiger partial charge in [-0.3, -0.25) is 9.78 Å². The number of β-amino-alcohol motifs (C(OH)–C–C–N with tert-alkyl or cyclic N) is 1. The van der Waals surface area contributed by atoms with Crippen molar-refractivity contribution in [3.63, 3.8) is 0 Å². The van der Waals surface area contributed by atoms with Gasteiger partial charge in [-0.1, -0.05) is 6.07 Å². The molecule has 2 atom stereocenters. The number of fused-ring (bicyclic) bond motifs is 1. The average Bonchev–Trinajstić information content (AvgIpc) is 2.91. The molecular formula is C29H31N5O4. The zero-order valence-electron chi connectivity index (χ0n) is 21.7. The molecule has 0 radical (unpaired) electrons. The maximum Gasteiger partial charge on any atom is 0.263 e. The molecule has 2 aromatic carbocycles. The number of nitrogens with one attached hydrogen (secondary N) is 1. The molecule has 0 bridgehead atoms. The summed E-state index contributed by atoms with van der Waals surface area (Å²) in [5, 5.41) is 14.0. The number of aliphatic hydroxyl groups is 1. The number of likely N-dealkylation sites (tertiary alicyclic amines) is 1. The second-order valence-electron chi connectivity index (χ2n) is 9.56. The van der Waals surface area contributed by atoms with Crippen molar-refractivity contribution in [1.82, 2.24) is 19.9 Å². The van der Waals surface area contributed by atoms with Crippen molar-refractivity contribution >= 4 is 28.3 Å². The molecule has 4 aromatic rings. The van der Waals surface area contributed by atoms with Crippen LogP contribution in [0.3, 0.4) is 0 Å². The standard InChI is InChI=1S/C29H31N5O4/c1-18-14-21(10-12-25(18)38-23-11-9-19(2)30-15-23)33-28-27-24(31-17-32-28)7-4-8-26(27)37-20(3)29(36)34-13-5-6-22(35)16-34/h4,7-12,14-15,17,20,22,35H,5-6,13,16H2,1-3H3,(H,31,32,33)/t20-,22+/m1/s1. The number of hydrogen-bond donors (Lipinski definition) is 2. The van der Waals surface area contributed by atoms with Crippen LogP contribution in [-0.4, -0.2) is 56.2 Å². The maximum absolute atomic E-state index is 13.0. The van der Waals surface area contributed by atoms with E-state index in [0.717, 1.165) is 29.1 Å². The number of pyridine rings is 1. The third kappa shape index (κ3) is 5.68. The summed E-state index contributed by atoms with van der Waals surface area (Å²) in [4.78, 5) is 27.8. The highest BCUT2D eigenvalue weighted by atomic mass is 16.5. The van der Waals surface area contributed by atoms with Crippen LogP contribution < -0.4 is 14.8 Å². The quantitative estimate of drug-likeness (QED) is 0.358. The van der Waals surface area contributed by atoms with Gasteiger partial charge >= 0.3 is 0 Å². The largest absolute Gasteiger partial charge is 0.480 e. The second-order valence-corrected chi connectivity index (χ2v) is 9.56. The summed E-state index contributed by atoms with van der Waals surface area (Å²) in [6.45, 7) is 6.58. The molecule has 5 rings (SSSR count). The number of aryl methyl sites for hydroxylation is 2. The van der Waals surface area contributed by atoms with Gasteiger partial charge in [-0.05, 0) is 81.6 Å². The van der Waals surface area contributed by atoms with Crippen molar-refractivity contribution in [3.8, 4) is 17.2 Å². The van der Waals surface area contributed by atoms with Crippen LogP contribution in [0.2, 0.25) is 0 Å². The molecule has 9 nitrogen and oxygen atoms in total. The lowest BCUT2D eigenvalue weighted by molar-refractivity contribution is -0.140. The summed E-state index contributed by atoms with van der Waals surface area (Å²) in [5.41, 5.74) is 3.38. The van der Waals surface area contributed by atoms with Crippen LogP contribution in [0.4, 0.5) is 11.5 Å². The van der Waals surface area contributed by atoms with Crippen LogP contribution in [0.25, 0.3) is 10.9 Å². The van der Waals surface area contributed by atoms with E-state index in [4.69, 9.17) is 9.47 Å². The first kappa shape index (κ1) is 25.4. The van der Waals surface area contributed by atoms with Gasteiger partial charge in [-0.2, -0.15) is 0 Å². The summed E-state index contributed by atoms with van der Waals surface area (Å²) in [6.07, 6.45) is 3.47. The predicted molar refractivity (Wildman–Crippen MR) is 145 cm³/mol. The first-order valence-corrected chi connectivity index (χ1v) is 12.7. The highest BCUT2D eigenvalue weighted by molar-refractivity contribution is 5.96. The number of rotatable bonds is 7. The summed E-state index contributed by atoms with van der Waals surface area (Å²) >= 11 is 0. The van der Waals surface area contributed by atoms with Crippen molar-refractivity contribution in [2.24, 2.45) is 0 Å². The predicted octanol–water partition coefficient (Wildman–Crippen LogP) is 4.93. The Morgan fingerprint density at radius 3 is 2.74 bits per heavy atom. The van der Waals surface area contributed by atoms with Gasteiger partial charge in [0.2, 0.25) is 0 Å². The molecule has 9 heteroatoms. The lowest BCUT2D eigenvalue weighted by Crippen LogP contribution is -2.47. The molecule has 0 unspecified atom stereocenters. The smallest absolute Gasteiger partial charge is 0.263 e. The van der Waals surface area contributed by atoms with Gasteiger partial charge in [0.25, 0.3) is 5.91 Å². The fraction of sp³-hybridized carbons (Fsp3) is 0.310. The molecule has 1 fully saturated rings. The summed E-state index contributed by atoms with van der Waals surface area (Å²) in [7, 11) is 0. The Morgan fingerprint density at radius 2 is 1.97 bits per heavy atom. The van der Waals surface area contributed by atoms with Gasteiger partial charge < -0.3 is 24.8 Å². The molecule has 38 heavy (non-hydrogen) atoms. The Labute approximate surface area is 221 Å². The number of aromatic nitrogens is 3. The number of carbonyl (C=O) groups is 1. The zero-order valence-corrected chi connectivity index (χ0v) is 21.7. The van der Waals surface area contributed by atoms with E-state index in [2.05, 4.69) is 20.3 Å². The minimum Gasteiger partial charge on any atom is -0.480 e. The number of amides is 1. The highest BCUT2D eigenvalue weighted by Crippen LogP contribution is 2.34.